The third kappa shape index (κ3) is 3.61. The number of ether oxygens (including phenoxy) is 2. The Kier molecular flexibility index (Phi) is 4.94. The van der Waals surface area contributed by atoms with Gasteiger partial charge < -0.3 is 14.8 Å². The van der Waals surface area contributed by atoms with Crippen LogP contribution in [0.2, 0.25) is 0 Å². The van der Waals surface area contributed by atoms with Gasteiger partial charge >= 0.3 is 5.97 Å². The number of amides is 1. The van der Waals surface area contributed by atoms with E-state index in [4.69, 9.17) is 4.74 Å². The maximum Gasteiger partial charge on any atom is 0.348 e. The molecule has 0 fully saturated rings. The van der Waals surface area contributed by atoms with Crippen molar-refractivity contribution in [3.05, 3.63) is 46.8 Å². The van der Waals surface area contributed by atoms with Crippen LogP contribution in [0.5, 0.6) is 5.75 Å². The largest absolute Gasteiger partial charge is 0.493 e. The molecule has 0 atom stereocenters. The van der Waals surface area contributed by atoms with Crippen molar-refractivity contribution in [2.75, 3.05) is 19.0 Å². The smallest absolute Gasteiger partial charge is 0.348 e. The monoisotopic (exact) mass is 305 g/mol. The molecule has 0 spiro atoms. The van der Waals surface area contributed by atoms with Gasteiger partial charge in [-0.25, -0.2) is 4.79 Å². The highest BCUT2D eigenvalue weighted by Crippen LogP contribution is 2.25. The van der Waals surface area contributed by atoms with E-state index in [0.29, 0.717) is 27.8 Å². The van der Waals surface area contributed by atoms with Gasteiger partial charge in [0.2, 0.25) is 0 Å². The first-order chi connectivity index (χ1) is 10.2. The normalized spacial score (nSPS) is 10.0. The van der Waals surface area contributed by atoms with Crippen molar-refractivity contribution in [3.63, 3.8) is 0 Å². The number of rotatable bonds is 5. The van der Waals surface area contributed by atoms with Crippen LogP contribution in [0.1, 0.15) is 27.0 Å². The molecular formula is C15H15NO4S. The van der Waals surface area contributed by atoms with E-state index in [0.717, 1.165) is 11.3 Å². The maximum absolute atomic E-state index is 12.3. The number of para-hydroxylation sites is 1. The van der Waals surface area contributed by atoms with Crippen LogP contribution in [0.25, 0.3) is 0 Å². The van der Waals surface area contributed by atoms with E-state index >= 15 is 0 Å². The Morgan fingerprint density at radius 3 is 2.67 bits per heavy atom. The first-order valence-corrected chi connectivity index (χ1v) is 7.18. The van der Waals surface area contributed by atoms with Crippen molar-refractivity contribution in [1.82, 2.24) is 0 Å². The summed E-state index contributed by atoms with van der Waals surface area (Å²) in [6.07, 6.45) is 0. The molecule has 1 aromatic carbocycles. The fraction of sp³-hybridized carbons (Fsp3) is 0.200. The Morgan fingerprint density at radius 1 is 1.19 bits per heavy atom. The molecule has 0 saturated carbocycles. The lowest BCUT2D eigenvalue weighted by Crippen LogP contribution is -2.12. The van der Waals surface area contributed by atoms with Gasteiger partial charge in [0, 0.05) is 0 Å². The highest BCUT2D eigenvalue weighted by atomic mass is 32.1. The standard InChI is InChI=1S/C15H15NO4S/c1-3-20-11-7-5-4-6-10(11)14(17)16-13-9-8-12(21-13)15(18)19-2/h4-9H,3H2,1-2H3,(H,16,17). The van der Waals surface area contributed by atoms with Crippen LogP contribution in [0.15, 0.2) is 36.4 Å². The molecule has 0 aliphatic carbocycles. The quantitative estimate of drug-likeness (QED) is 0.862. The van der Waals surface area contributed by atoms with E-state index in [9.17, 15) is 9.59 Å². The highest BCUT2D eigenvalue weighted by molar-refractivity contribution is 7.18. The van der Waals surface area contributed by atoms with Gasteiger partial charge in [0.15, 0.2) is 0 Å². The zero-order valence-electron chi connectivity index (χ0n) is 11.7. The summed E-state index contributed by atoms with van der Waals surface area (Å²) in [4.78, 5) is 24.1. The fourth-order valence-electron chi connectivity index (χ4n) is 1.73. The van der Waals surface area contributed by atoms with Gasteiger partial charge in [-0.15, -0.1) is 11.3 Å². The van der Waals surface area contributed by atoms with E-state index in [1.165, 1.54) is 7.11 Å². The van der Waals surface area contributed by atoms with Crippen molar-refractivity contribution < 1.29 is 19.1 Å². The van der Waals surface area contributed by atoms with Crippen molar-refractivity contribution in [1.29, 1.82) is 0 Å². The molecule has 21 heavy (non-hydrogen) atoms. The molecule has 0 radical (unpaired) electrons. The summed E-state index contributed by atoms with van der Waals surface area (Å²) in [5.74, 6) is -0.172. The van der Waals surface area contributed by atoms with Crippen molar-refractivity contribution >= 4 is 28.2 Å². The molecule has 0 unspecified atom stereocenters. The summed E-state index contributed by atoms with van der Waals surface area (Å²) in [7, 11) is 1.32. The number of nitrogens with one attached hydrogen (secondary N) is 1. The Labute approximate surface area is 126 Å². The predicted molar refractivity (Wildman–Crippen MR) is 81.2 cm³/mol. The van der Waals surface area contributed by atoms with E-state index in [2.05, 4.69) is 10.1 Å². The molecule has 1 N–H and O–H groups in total. The molecule has 2 rings (SSSR count). The number of methoxy groups -OCH3 is 1. The number of thiophene rings is 1. The Balaban J connectivity index is 2.14. The summed E-state index contributed by atoms with van der Waals surface area (Å²) < 4.78 is 10.1. The van der Waals surface area contributed by atoms with Crippen LogP contribution < -0.4 is 10.1 Å². The van der Waals surface area contributed by atoms with Gasteiger partial charge in [0.05, 0.1) is 24.3 Å². The van der Waals surface area contributed by atoms with Crippen LogP contribution in [-0.2, 0) is 4.74 Å². The lowest BCUT2D eigenvalue weighted by Gasteiger charge is -2.09. The van der Waals surface area contributed by atoms with Gasteiger partial charge in [0.25, 0.3) is 5.91 Å². The number of hydrogen-bond acceptors (Lipinski definition) is 5. The van der Waals surface area contributed by atoms with E-state index in [-0.39, 0.29) is 5.91 Å². The second-order valence-corrected chi connectivity index (χ2v) is 5.12. The number of esters is 1. The maximum atomic E-state index is 12.3. The van der Waals surface area contributed by atoms with Crippen LogP contribution >= 0.6 is 11.3 Å². The zero-order chi connectivity index (χ0) is 15.2. The Bertz CT molecular complexity index is 651. The van der Waals surface area contributed by atoms with Crippen LogP contribution in [-0.4, -0.2) is 25.6 Å². The number of hydrogen-bond donors (Lipinski definition) is 1. The summed E-state index contributed by atoms with van der Waals surface area (Å²) in [6.45, 7) is 2.34. The average molecular weight is 305 g/mol. The SMILES string of the molecule is CCOc1ccccc1C(=O)Nc1ccc(C(=O)OC)s1. The lowest BCUT2D eigenvalue weighted by atomic mass is 10.2. The molecule has 2 aromatic rings. The number of benzene rings is 1. The molecular weight excluding hydrogens is 290 g/mol. The Morgan fingerprint density at radius 2 is 1.95 bits per heavy atom. The van der Waals surface area contributed by atoms with E-state index in [1.807, 2.05) is 13.0 Å². The molecule has 5 nitrogen and oxygen atoms in total. The second kappa shape index (κ2) is 6.90. The second-order valence-electron chi connectivity index (χ2n) is 4.04. The third-order valence-electron chi connectivity index (χ3n) is 2.66. The van der Waals surface area contributed by atoms with Crippen LogP contribution in [0, 0.1) is 0 Å². The molecule has 6 heteroatoms. The summed E-state index contributed by atoms with van der Waals surface area (Å²) in [5.41, 5.74) is 0.451. The van der Waals surface area contributed by atoms with Crippen LogP contribution in [0.3, 0.4) is 0 Å². The average Bonchev–Trinajstić information content (AvgIpc) is 2.95. The number of anilines is 1. The molecule has 1 amide bonds. The summed E-state index contributed by atoms with van der Waals surface area (Å²) in [5, 5.41) is 3.32. The minimum atomic E-state index is -0.421. The van der Waals surface area contributed by atoms with Gasteiger partial charge in [-0.05, 0) is 31.2 Å². The minimum absolute atomic E-state index is 0.280. The first kappa shape index (κ1) is 15.1. The molecule has 1 aromatic heterocycles. The lowest BCUT2D eigenvalue weighted by molar-refractivity contribution is 0.0606. The predicted octanol–water partition coefficient (Wildman–Crippen LogP) is 3.19. The number of carbonyl (C=O) groups excluding carboxylic acids is 2. The minimum Gasteiger partial charge on any atom is -0.493 e. The molecule has 0 bridgehead atoms. The number of carbonyl (C=O) groups is 2. The molecule has 0 saturated heterocycles. The summed E-state index contributed by atoms with van der Waals surface area (Å²) >= 11 is 1.16. The highest BCUT2D eigenvalue weighted by Gasteiger charge is 2.14. The van der Waals surface area contributed by atoms with Gasteiger partial charge in [-0.3, -0.25) is 4.79 Å². The van der Waals surface area contributed by atoms with Crippen LogP contribution in [0.4, 0.5) is 5.00 Å². The van der Waals surface area contributed by atoms with Gasteiger partial charge in [0.1, 0.15) is 10.6 Å². The van der Waals surface area contributed by atoms with Gasteiger partial charge in [-0.1, -0.05) is 12.1 Å². The first-order valence-electron chi connectivity index (χ1n) is 6.37. The Hall–Kier alpha value is -2.34. The topological polar surface area (TPSA) is 64.6 Å². The van der Waals surface area contributed by atoms with E-state index in [1.54, 1.807) is 30.3 Å². The third-order valence-corrected chi connectivity index (χ3v) is 3.64. The molecule has 0 aliphatic rings. The fourth-order valence-corrected chi connectivity index (χ4v) is 2.55. The van der Waals surface area contributed by atoms with Crippen molar-refractivity contribution in [3.8, 4) is 5.75 Å². The van der Waals surface area contributed by atoms with Crippen molar-refractivity contribution in [2.45, 2.75) is 6.92 Å². The molecule has 1 heterocycles. The van der Waals surface area contributed by atoms with Gasteiger partial charge in [-0.2, -0.15) is 0 Å². The molecule has 110 valence electrons. The zero-order valence-corrected chi connectivity index (χ0v) is 12.5. The summed E-state index contributed by atoms with van der Waals surface area (Å²) in [6, 6.07) is 10.3. The van der Waals surface area contributed by atoms with Crippen molar-refractivity contribution in [2.24, 2.45) is 0 Å². The van der Waals surface area contributed by atoms with E-state index < -0.39 is 5.97 Å². The molecule has 0 aliphatic heterocycles.